The molecule has 3 amide bonds. The molecule has 1 fully saturated rings. The second-order valence-corrected chi connectivity index (χ2v) is 12.7. The largest absolute Gasteiger partial charge is 0.507 e. The Morgan fingerprint density at radius 1 is 0.961 bits per heavy atom. The number of hydrogen-bond donors (Lipinski definition) is 5. The van der Waals surface area contributed by atoms with Gasteiger partial charge in [-0.05, 0) is 66.9 Å². The minimum atomic E-state index is -0.730. The maximum absolute atomic E-state index is 13.9. The molecule has 1 heterocycles. The highest BCUT2D eigenvalue weighted by atomic mass is 32.2. The molecule has 0 aliphatic carbocycles. The van der Waals surface area contributed by atoms with Gasteiger partial charge in [-0.15, -0.1) is 11.8 Å². The highest BCUT2D eigenvalue weighted by molar-refractivity contribution is 8.01. The van der Waals surface area contributed by atoms with E-state index < -0.39 is 33.8 Å². The van der Waals surface area contributed by atoms with Gasteiger partial charge in [-0.25, -0.2) is 0 Å². The van der Waals surface area contributed by atoms with Crippen molar-refractivity contribution >= 4 is 61.8 Å². The molecule has 1 aliphatic rings. The third kappa shape index (κ3) is 8.05. The molecular formula is C37H33B2N3O8S. The minimum absolute atomic E-state index is 0.0765. The van der Waals surface area contributed by atoms with Gasteiger partial charge >= 0.3 is 0 Å². The summed E-state index contributed by atoms with van der Waals surface area (Å²) in [6, 6.07) is 18.9. The van der Waals surface area contributed by atoms with E-state index in [1.54, 1.807) is 54.5 Å². The number of aromatic hydroxyl groups is 3. The van der Waals surface area contributed by atoms with Crippen molar-refractivity contribution in [1.82, 2.24) is 5.32 Å². The molecule has 0 bridgehead atoms. The van der Waals surface area contributed by atoms with Crippen LogP contribution in [0.15, 0.2) is 66.7 Å². The lowest BCUT2D eigenvalue weighted by Gasteiger charge is -2.24. The summed E-state index contributed by atoms with van der Waals surface area (Å²) in [5.41, 5.74) is 7.35. The van der Waals surface area contributed by atoms with E-state index in [1.807, 2.05) is 25.1 Å². The van der Waals surface area contributed by atoms with Gasteiger partial charge in [0.25, 0.3) is 0 Å². The molecular weight excluding hydrogens is 668 g/mol. The number of benzene rings is 4. The summed E-state index contributed by atoms with van der Waals surface area (Å²) >= 11 is 1.30. The van der Waals surface area contributed by atoms with Crippen LogP contribution in [0.5, 0.6) is 28.7 Å². The molecule has 5 rings (SSSR count). The summed E-state index contributed by atoms with van der Waals surface area (Å²) in [5.74, 6) is 3.44. The number of carbonyl (C=O) groups is 3. The van der Waals surface area contributed by atoms with Crippen LogP contribution in [0, 0.1) is 11.8 Å². The number of ether oxygens (including phenoxy) is 2. The van der Waals surface area contributed by atoms with Crippen molar-refractivity contribution in [1.29, 1.82) is 0 Å². The van der Waals surface area contributed by atoms with Crippen LogP contribution >= 0.6 is 11.8 Å². The van der Waals surface area contributed by atoms with Crippen LogP contribution < -0.4 is 36.3 Å². The van der Waals surface area contributed by atoms with Crippen LogP contribution in [-0.2, 0) is 16.0 Å². The number of nitrogens with zero attached hydrogens (tertiary/aromatic N) is 1. The van der Waals surface area contributed by atoms with E-state index in [0.29, 0.717) is 47.9 Å². The van der Waals surface area contributed by atoms with Crippen LogP contribution in [-0.4, -0.2) is 74.2 Å². The molecule has 11 nitrogen and oxygen atoms in total. The van der Waals surface area contributed by atoms with Gasteiger partial charge < -0.3 is 35.8 Å². The number of rotatable bonds is 11. The molecule has 4 radical (unpaired) electrons. The molecule has 6 N–H and O–H groups in total. The molecule has 256 valence electrons. The smallest absolute Gasteiger partial charge is 0.248 e. The van der Waals surface area contributed by atoms with E-state index in [2.05, 4.69) is 17.2 Å². The Bertz CT molecular complexity index is 2020. The second-order valence-electron chi connectivity index (χ2n) is 11.4. The van der Waals surface area contributed by atoms with E-state index in [9.17, 15) is 29.7 Å². The quantitative estimate of drug-likeness (QED) is 0.0681. The lowest BCUT2D eigenvalue weighted by Crippen LogP contribution is -2.34. The Balaban J connectivity index is 1.34. The van der Waals surface area contributed by atoms with E-state index in [1.165, 1.54) is 17.8 Å². The summed E-state index contributed by atoms with van der Waals surface area (Å²) in [6.07, 6.45) is 0.463. The van der Waals surface area contributed by atoms with Gasteiger partial charge in [0.05, 0.1) is 19.0 Å². The maximum atomic E-state index is 13.9. The first-order chi connectivity index (χ1) is 24.4. The van der Waals surface area contributed by atoms with Gasteiger partial charge in [-0.1, -0.05) is 47.0 Å². The highest BCUT2D eigenvalue weighted by Gasteiger charge is 2.43. The van der Waals surface area contributed by atoms with E-state index in [-0.39, 0.29) is 40.3 Å². The monoisotopic (exact) mass is 701 g/mol. The van der Waals surface area contributed by atoms with Gasteiger partial charge in [-0.3, -0.25) is 19.3 Å². The second kappa shape index (κ2) is 15.9. The molecule has 1 aliphatic heterocycles. The summed E-state index contributed by atoms with van der Waals surface area (Å²) in [7, 11) is 12.9. The summed E-state index contributed by atoms with van der Waals surface area (Å²) < 4.78 is 11.0. The zero-order valence-corrected chi connectivity index (χ0v) is 28.6. The Labute approximate surface area is 302 Å². The predicted octanol–water partition coefficient (Wildman–Crippen LogP) is 2.19. The number of phenols is 3. The van der Waals surface area contributed by atoms with Crippen LogP contribution in [0.2, 0.25) is 0 Å². The van der Waals surface area contributed by atoms with Gasteiger partial charge in [0.15, 0.2) is 23.0 Å². The van der Waals surface area contributed by atoms with Crippen molar-refractivity contribution in [2.24, 2.45) is 5.73 Å². The summed E-state index contributed by atoms with van der Waals surface area (Å²) in [6.45, 7) is 2.71. The molecule has 14 heteroatoms. The van der Waals surface area contributed by atoms with E-state index >= 15 is 0 Å². The molecule has 0 spiro atoms. The fourth-order valence-corrected chi connectivity index (χ4v) is 6.89. The third-order valence-corrected chi connectivity index (χ3v) is 9.55. The van der Waals surface area contributed by atoms with Crippen molar-refractivity contribution in [2.45, 2.75) is 30.4 Å². The molecule has 0 aromatic heterocycles. The number of thioether (sulfide) groups is 1. The van der Waals surface area contributed by atoms with Crippen molar-refractivity contribution in [3.05, 3.63) is 94.5 Å². The molecule has 51 heavy (non-hydrogen) atoms. The fraction of sp³-hybridized carbons (Fsp3) is 0.216. The minimum Gasteiger partial charge on any atom is -0.507 e. The first-order valence-corrected chi connectivity index (χ1v) is 16.8. The number of primary amides is 1. The van der Waals surface area contributed by atoms with Crippen LogP contribution in [0.1, 0.15) is 51.3 Å². The van der Waals surface area contributed by atoms with Crippen molar-refractivity contribution in [3.63, 3.8) is 0 Å². The topological polar surface area (TPSA) is 172 Å². The van der Waals surface area contributed by atoms with Crippen molar-refractivity contribution in [3.8, 4) is 40.6 Å². The van der Waals surface area contributed by atoms with Crippen molar-refractivity contribution in [2.75, 3.05) is 25.2 Å². The van der Waals surface area contributed by atoms with Crippen molar-refractivity contribution < 1.29 is 39.2 Å². The van der Waals surface area contributed by atoms with Gasteiger partial charge in [-0.2, -0.15) is 0 Å². The lowest BCUT2D eigenvalue weighted by molar-refractivity contribution is -0.124. The fourth-order valence-electron chi connectivity index (χ4n) is 5.44. The van der Waals surface area contributed by atoms with Gasteiger partial charge in [0, 0.05) is 29.8 Å². The zero-order valence-electron chi connectivity index (χ0n) is 27.8. The average molecular weight is 701 g/mol. The molecule has 1 saturated heterocycles. The Kier molecular flexibility index (Phi) is 11.4. The number of carbonyl (C=O) groups excluding carboxylic acids is 3. The van der Waals surface area contributed by atoms with Crippen LogP contribution in [0.25, 0.3) is 0 Å². The predicted molar refractivity (Wildman–Crippen MR) is 197 cm³/mol. The molecule has 2 atom stereocenters. The maximum Gasteiger partial charge on any atom is 0.248 e. The van der Waals surface area contributed by atoms with E-state index in [4.69, 9.17) is 30.9 Å². The normalized spacial score (nSPS) is 15.2. The molecule has 0 saturated carbocycles. The molecule has 4 aromatic rings. The zero-order chi connectivity index (χ0) is 36.8. The number of nitrogens with two attached hydrogens (primary N) is 1. The lowest BCUT2D eigenvalue weighted by atomic mass is 9.78. The van der Waals surface area contributed by atoms with Crippen LogP contribution in [0.4, 0.5) is 5.69 Å². The Hall–Kier alpha value is -5.67. The number of hydrogen-bond acceptors (Lipinski definition) is 9. The third-order valence-electron chi connectivity index (χ3n) is 8.11. The van der Waals surface area contributed by atoms with E-state index in [0.717, 1.165) is 5.56 Å². The number of amides is 3. The first-order valence-electron chi connectivity index (χ1n) is 15.8. The highest BCUT2D eigenvalue weighted by Crippen LogP contribution is 2.47. The average Bonchev–Trinajstić information content (AvgIpc) is 3.45. The standard InChI is InChI=1S/C37H33B2N3O8S/c1-3-50-27-17-21(10-14-26(27)49-2)15-16-41-29(43)19-28-36(48)42(24-6-4-5-23(18-24)35(40)47)37(51-28)22-11-7-20(8-12-22)9-13-25-32(44)30(38)31(39)34(46)33(25)45/h4-8,10-12,14,17-18,28,37,44-46H,3,15-16,19H2,1-2H3,(H2,40,47)(H,41,43). The number of nitrogens with one attached hydrogen (secondary N) is 1. The van der Waals surface area contributed by atoms with Gasteiger partial charge in [0.1, 0.15) is 32.4 Å². The SMILES string of the molecule is [B]c1c([B])c(O)c(C#Cc2ccc(C3SC(CC(=O)NCCc4ccc(OC)c(OCC)c4)C(=O)N3c3cccc(C(N)=O)c3)cc2)c(O)c1O. The Morgan fingerprint density at radius 2 is 1.69 bits per heavy atom. The number of anilines is 1. The van der Waals surface area contributed by atoms with Gasteiger partial charge in [0.2, 0.25) is 17.7 Å². The molecule has 4 aromatic carbocycles. The Morgan fingerprint density at radius 3 is 2.37 bits per heavy atom. The summed E-state index contributed by atoms with van der Waals surface area (Å²) in [4.78, 5) is 40.5. The number of methoxy groups -OCH3 is 1. The first kappa shape index (κ1) is 36.6. The summed E-state index contributed by atoms with van der Waals surface area (Å²) in [5, 5.41) is 32.2. The van der Waals surface area contributed by atoms with Crippen LogP contribution in [0.3, 0.4) is 0 Å². The molecule has 2 unspecified atom stereocenters. The number of phenolic OH excluding ortho intramolecular Hbond substituents is 3.